The first kappa shape index (κ1) is 14.8. The molecule has 0 bridgehead atoms. The molecule has 110 valence electrons. The number of carbonyl (C=O) groups is 1. The highest BCUT2D eigenvalue weighted by molar-refractivity contribution is 5.95. The van der Waals surface area contributed by atoms with Crippen LogP contribution in [0.25, 0.3) is 0 Å². The van der Waals surface area contributed by atoms with E-state index in [1.807, 2.05) is 19.1 Å². The van der Waals surface area contributed by atoms with Gasteiger partial charge in [0.15, 0.2) is 0 Å². The maximum Gasteiger partial charge on any atom is 0.340 e. The second-order valence-electron chi connectivity index (χ2n) is 4.52. The zero-order valence-corrected chi connectivity index (χ0v) is 12.0. The quantitative estimate of drug-likeness (QED) is 0.820. The van der Waals surface area contributed by atoms with Crippen LogP contribution >= 0.6 is 0 Å². The van der Waals surface area contributed by atoms with Crippen LogP contribution in [-0.4, -0.2) is 22.5 Å². The summed E-state index contributed by atoms with van der Waals surface area (Å²) in [5.74, 6) is 0.119. The predicted molar refractivity (Wildman–Crippen MR) is 80.9 cm³/mol. The van der Waals surface area contributed by atoms with Crippen molar-refractivity contribution in [2.75, 3.05) is 17.7 Å². The van der Waals surface area contributed by atoms with E-state index < -0.39 is 5.97 Å². The van der Waals surface area contributed by atoms with Crippen LogP contribution in [0.15, 0.2) is 36.8 Å². The Morgan fingerprint density at radius 2 is 2.14 bits per heavy atom. The third-order valence-corrected chi connectivity index (χ3v) is 3.00. The SMILES string of the molecule is CCOC(=O)c1cc(NC(C)c2ccncc2)ncc1N. The summed E-state index contributed by atoms with van der Waals surface area (Å²) in [7, 11) is 0. The van der Waals surface area contributed by atoms with Crippen molar-refractivity contribution in [3.05, 3.63) is 47.9 Å². The van der Waals surface area contributed by atoms with E-state index in [-0.39, 0.29) is 6.04 Å². The van der Waals surface area contributed by atoms with Gasteiger partial charge in [0.1, 0.15) is 5.82 Å². The molecule has 0 aliphatic rings. The number of nitrogen functional groups attached to an aromatic ring is 1. The van der Waals surface area contributed by atoms with Crippen molar-refractivity contribution in [1.29, 1.82) is 0 Å². The monoisotopic (exact) mass is 286 g/mol. The van der Waals surface area contributed by atoms with E-state index in [0.717, 1.165) is 5.56 Å². The Morgan fingerprint density at radius 3 is 2.81 bits per heavy atom. The Kier molecular flexibility index (Phi) is 4.71. The van der Waals surface area contributed by atoms with Crippen LogP contribution in [0.2, 0.25) is 0 Å². The lowest BCUT2D eigenvalue weighted by atomic mass is 10.1. The summed E-state index contributed by atoms with van der Waals surface area (Å²) in [5, 5.41) is 3.22. The molecule has 0 saturated carbocycles. The van der Waals surface area contributed by atoms with E-state index in [1.165, 1.54) is 6.20 Å². The number of hydrogen-bond donors (Lipinski definition) is 2. The van der Waals surface area contributed by atoms with E-state index in [9.17, 15) is 4.79 Å². The van der Waals surface area contributed by atoms with Crippen LogP contribution in [0.1, 0.15) is 35.8 Å². The van der Waals surface area contributed by atoms with E-state index in [0.29, 0.717) is 23.7 Å². The molecule has 0 aliphatic carbocycles. The van der Waals surface area contributed by atoms with Crippen molar-refractivity contribution in [3.63, 3.8) is 0 Å². The number of esters is 1. The summed E-state index contributed by atoms with van der Waals surface area (Å²) >= 11 is 0. The molecule has 0 amide bonds. The number of aromatic nitrogens is 2. The first-order valence-electron chi connectivity index (χ1n) is 6.71. The van der Waals surface area contributed by atoms with Gasteiger partial charge in [0.05, 0.1) is 30.1 Å². The fourth-order valence-corrected chi connectivity index (χ4v) is 1.89. The molecule has 0 radical (unpaired) electrons. The van der Waals surface area contributed by atoms with Crippen LogP contribution in [0.3, 0.4) is 0 Å². The summed E-state index contributed by atoms with van der Waals surface area (Å²) < 4.78 is 4.97. The number of anilines is 2. The second kappa shape index (κ2) is 6.69. The molecule has 0 spiro atoms. The van der Waals surface area contributed by atoms with Gasteiger partial charge in [-0.3, -0.25) is 4.98 Å². The van der Waals surface area contributed by atoms with Gasteiger partial charge in [-0.15, -0.1) is 0 Å². The molecule has 6 nitrogen and oxygen atoms in total. The zero-order valence-electron chi connectivity index (χ0n) is 12.0. The van der Waals surface area contributed by atoms with Gasteiger partial charge < -0.3 is 15.8 Å². The van der Waals surface area contributed by atoms with Gasteiger partial charge in [0, 0.05) is 12.4 Å². The summed E-state index contributed by atoms with van der Waals surface area (Å²) in [6.07, 6.45) is 4.91. The van der Waals surface area contributed by atoms with Gasteiger partial charge in [-0.25, -0.2) is 9.78 Å². The molecule has 2 rings (SSSR count). The first-order chi connectivity index (χ1) is 10.1. The topological polar surface area (TPSA) is 90.1 Å². The molecule has 0 saturated heterocycles. The van der Waals surface area contributed by atoms with E-state index >= 15 is 0 Å². The molecule has 2 aromatic rings. The number of hydrogen-bond acceptors (Lipinski definition) is 6. The fourth-order valence-electron chi connectivity index (χ4n) is 1.89. The molecule has 1 unspecified atom stereocenters. The molecular formula is C15H18N4O2. The number of nitrogens with two attached hydrogens (primary N) is 1. The molecule has 6 heteroatoms. The Morgan fingerprint density at radius 1 is 1.43 bits per heavy atom. The van der Waals surface area contributed by atoms with Crippen LogP contribution in [0, 0.1) is 0 Å². The highest BCUT2D eigenvalue weighted by Gasteiger charge is 2.13. The Hall–Kier alpha value is -2.63. The molecule has 3 N–H and O–H groups in total. The highest BCUT2D eigenvalue weighted by atomic mass is 16.5. The van der Waals surface area contributed by atoms with E-state index in [1.54, 1.807) is 25.4 Å². The third-order valence-electron chi connectivity index (χ3n) is 3.00. The summed E-state index contributed by atoms with van der Waals surface area (Å²) in [6.45, 7) is 4.05. The lowest BCUT2D eigenvalue weighted by Crippen LogP contribution is -2.12. The standard InChI is InChI=1S/C15H18N4O2/c1-3-21-15(20)12-8-14(18-9-13(12)16)19-10(2)11-4-6-17-7-5-11/h4-10H,3,16H2,1-2H3,(H,18,19). The molecule has 2 heterocycles. The van der Waals surface area contributed by atoms with E-state index in [4.69, 9.17) is 10.5 Å². The minimum atomic E-state index is -0.447. The number of nitrogens with one attached hydrogen (secondary N) is 1. The Bertz CT molecular complexity index is 616. The van der Waals surface area contributed by atoms with Crippen LogP contribution in [0.5, 0.6) is 0 Å². The molecule has 2 aromatic heterocycles. The smallest absolute Gasteiger partial charge is 0.340 e. The number of nitrogens with zero attached hydrogens (tertiary/aromatic N) is 2. The minimum Gasteiger partial charge on any atom is -0.462 e. The second-order valence-corrected chi connectivity index (χ2v) is 4.52. The van der Waals surface area contributed by atoms with Gasteiger partial charge >= 0.3 is 5.97 Å². The van der Waals surface area contributed by atoms with Crippen LogP contribution in [-0.2, 0) is 4.74 Å². The Labute approximate surface area is 123 Å². The lowest BCUT2D eigenvalue weighted by molar-refractivity contribution is 0.0527. The molecular weight excluding hydrogens is 268 g/mol. The molecule has 1 atom stereocenters. The largest absolute Gasteiger partial charge is 0.462 e. The van der Waals surface area contributed by atoms with Gasteiger partial charge in [-0.05, 0) is 37.6 Å². The highest BCUT2D eigenvalue weighted by Crippen LogP contribution is 2.20. The number of ether oxygens (including phenoxy) is 1. The summed E-state index contributed by atoms with van der Waals surface area (Å²) in [6, 6.07) is 5.46. The molecule has 0 aromatic carbocycles. The summed E-state index contributed by atoms with van der Waals surface area (Å²) in [5.41, 5.74) is 7.45. The van der Waals surface area contributed by atoms with Crippen LogP contribution in [0.4, 0.5) is 11.5 Å². The molecule has 21 heavy (non-hydrogen) atoms. The summed E-state index contributed by atoms with van der Waals surface area (Å²) in [4.78, 5) is 20.0. The molecule has 0 fully saturated rings. The van der Waals surface area contributed by atoms with Gasteiger partial charge in [0.2, 0.25) is 0 Å². The predicted octanol–water partition coefficient (Wildman–Crippen LogP) is 2.41. The van der Waals surface area contributed by atoms with Gasteiger partial charge in [0.25, 0.3) is 0 Å². The number of carbonyl (C=O) groups excluding carboxylic acids is 1. The van der Waals surface area contributed by atoms with Crippen molar-refractivity contribution >= 4 is 17.5 Å². The van der Waals surface area contributed by atoms with Gasteiger partial charge in [-0.2, -0.15) is 0 Å². The fraction of sp³-hybridized carbons (Fsp3) is 0.267. The molecule has 0 aliphatic heterocycles. The van der Waals surface area contributed by atoms with Crippen molar-refractivity contribution in [3.8, 4) is 0 Å². The zero-order chi connectivity index (χ0) is 15.2. The van der Waals surface area contributed by atoms with Crippen molar-refractivity contribution in [2.24, 2.45) is 0 Å². The van der Waals surface area contributed by atoms with E-state index in [2.05, 4.69) is 15.3 Å². The van der Waals surface area contributed by atoms with Gasteiger partial charge in [-0.1, -0.05) is 0 Å². The lowest BCUT2D eigenvalue weighted by Gasteiger charge is -2.15. The normalized spacial score (nSPS) is 11.7. The average molecular weight is 286 g/mol. The first-order valence-corrected chi connectivity index (χ1v) is 6.71. The maximum absolute atomic E-state index is 11.8. The average Bonchev–Trinajstić information content (AvgIpc) is 2.50. The number of pyridine rings is 2. The minimum absolute atomic E-state index is 0.0270. The number of rotatable bonds is 5. The van der Waals surface area contributed by atoms with Crippen LogP contribution < -0.4 is 11.1 Å². The third kappa shape index (κ3) is 3.68. The van der Waals surface area contributed by atoms with Crippen molar-refractivity contribution in [1.82, 2.24) is 9.97 Å². The maximum atomic E-state index is 11.8. The Balaban J connectivity index is 2.17. The van der Waals surface area contributed by atoms with Crippen molar-refractivity contribution < 1.29 is 9.53 Å². The van der Waals surface area contributed by atoms with Crippen molar-refractivity contribution in [2.45, 2.75) is 19.9 Å².